The number of carbonyl (C=O) groups is 2. The Morgan fingerprint density at radius 1 is 0.909 bits per heavy atom. The highest BCUT2D eigenvalue weighted by atomic mass is 16.4. The maximum Gasteiger partial charge on any atom is 0.343 e. The van der Waals surface area contributed by atoms with E-state index >= 15 is 0 Å². The molecule has 0 aliphatic carbocycles. The molecule has 0 fully saturated rings. The SMILES string of the molecule is CC(C)CCC(C)(CC(C)C)C(=C(C(=O)O)C(=O)O)C(C)C. The minimum Gasteiger partial charge on any atom is -0.477 e. The first-order chi connectivity index (χ1) is 9.92. The predicted octanol–water partition coefficient (Wildman–Crippen LogP) is 4.60. The fourth-order valence-electron chi connectivity index (χ4n) is 3.46. The van der Waals surface area contributed by atoms with Gasteiger partial charge in [-0.05, 0) is 41.6 Å². The second kappa shape index (κ2) is 8.35. The summed E-state index contributed by atoms with van der Waals surface area (Å²) in [6.07, 6.45) is 2.55. The van der Waals surface area contributed by atoms with Crippen LogP contribution in [0.4, 0.5) is 0 Å². The van der Waals surface area contributed by atoms with E-state index in [1.54, 1.807) is 0 Å². The first kappa shape index (κ1) is 20.7. The van der Waals surface area contributed by atoms with E-state index in [4.69, 9.17) is 0 Å². The molecule has 128 valence electrons. The van der Waals surface area contributed by atoms with Crippen molar-refractivity contribution in [3.8, 4) is 0 Å². The predicted molar refractivity (Wildman–Crippen MR) is 88.8 cm³/mol. The average Bonchev–Trinajstić information content (AvgIpc) is 2.30. The number of hydrogen-bond donors (Lipinski definition) is 2. The van der Waals surface area contributed by atoms with Gasteiger partial charge in [0.1, 0.15) is 5.57 Å². The molecule has 0 radical (unpaired) electrons. The lowest BCUT2D eigenvalue weighted by Crippen LogP contribution is -2.30. The third-order valence-electron chi connectivity index (χ3n) is 4.06. The van der Waals surface area contributed by atoms with Gasteiger partial charge in [-0.25, -0.2) is 9.59 Å². The lowest BCUT2D eigenvalue weighted by Gasteiger charge is -2.37. The second-order valence-electron chi connectivity index (χ2n) is 7.64. The van der Waals surface area contributed by atoms with Crippen LogP contribution in [-0.4, -0.2) is 22.2 Å². The van der Waals surface area contributed by atoms with Crippen molar-refractivity contribution in [3.63, 3.8) is 0 Å². The summed E-state index contributed by atoms with van der Waals surface area (Å²) in [5.74, 6) is -1.92. The van der Waals surface area contributed by atoms with E-state index in [0.29, 0.717) is 17.4 Å². The molecule has 0 rings (SSSR count). The maximum atomic E-state index is 11.5. The summed E-state index contributed by atoms with van der Waals surface area (Å²) in [6.45, 7) is 14.2. The van der Waals surface area contributed by atoms with E-state index in [-0.39, 0.29) is 5.92 Å². The van der Waals surface area contributed by atoms with Crippen LogP contribution >= 0.6 is 0 Å². The normalized spacial score (nSPS) is 14.3. The van der Waals surface area contributed by atoms with Crippen LogP contribution in [0, 0.1) is 23.2 Å². The smallest absolute Gasteiger partial charge is 0.343 e. The van der Waals surface area contributed by atoms with Gasteiger partial charge in [0.05, 0.1) is 0 Å². The van der Waals surface area contributed by atoms with E-state index < -0.39 is 22.9 Å². The molecule has 0 aliphatic rings. The summed E-state index contributed by atoms with van der Waals surface area (Å²) in [5.41, 5.74) is -0.276. The lowest BCUT2D eigenvalue weighted by atomic mass is 9.66. The number of allylic oxidation sites excluding steroid dienone is 1. The van der Waals surface area contributed by atoms with Gasteiger partial charge in [0.15, 0.2) is 0 Å². The molecule has 0 aromatic heterocycles. The largest absolute Gasteiger partial charge is 0.477 e. The van der Waals surface area contributed by atoms with Crippen LogP contribution in [0.2, 0.25) is 0 Å². The van der Waals surface area contributed by atoms with Gasteiger partial charge in [-0.15, -0.1) is 0 Å². The monoisotopic (exact) mass is 312 g/mol. The van der Waals surface area contributed by atoms with Gasteiger partial charge in [-0.3, -0.25) is 0 Å². The molecule has 0 aromatic carbocycles. The third-order valence-corrected chi connectivity index (χ3v) is 4.06. The average molecular weight is 312 g/mol. The van der Waals surface area contributed by atoms with Gasteiger partial charge in [0, 0.05) is 0 Å². The first-order valence-corrected chi connectivity index (χ1v) is 8.13. The Labute approximate surface area is 134 Å². The van der Waals surface area contributed by atoms with Crippen LogP contribution < -0.4 is 0 Å². The van der Waals surface area contributed by atoms with Gasteiger partial charge in [0.2, 0.25) is 0 Å². The molecule has 0 bridgehead atoms. The molecular weight excluding hydrogens is 280 g/mol. The Morgan fingerprint density at radius 2 is 1.36 bits per heavy atom. The minimum absolute atomic E-state index is 0.113. The van der Waals surface area contributed by atoms with Gasteiger partial charge < -0.3 is 10.2 Å². The van der Waals surface area contributed by atoms with Crippen LogP contribution in [-0.2, 0) is 9.59 Å². The van der Waals surface area contributed by atoms with E-state index in [1.807, 2.05) is 20.8 Å². The number of hydrogen-bond acceptors (Lipinski definition) is 2. The molecule has 1 atom stereocenters. The molecule has 4 heteroatoms. The van der Waals surface area contributed by atoms with E-state index in [9.17, 15) is 19.8 Å². The Bertz CT molecular complexity index is 416. The van der Waals surface area contributed by atoms with Gasteiger partial charge in [-0.1, -0.05) is 54.9 Å². The molecule has 4 nitrogen and oxygen atoms in total. The quantitative estimate of drug-likeness (QED) is 0.371. The van der Waals surface area contributed by atoms with Gasteiger partial charge in [-0.2, -0.15) is 0 Å². The standard InChI is InChI=1S/C18H32O4/c1-11(2)8-9-18(7,10-12(3)4)15(13(5)6)14(16(19)20)17(21)22/h11-13H,8-10H2,1-7H3,(H,19,20)(H,21,22). The van der Waals surface area contributed by atoms with Crippen LogP contribution in [0.1, 0.15) is 67.7 Å². The maximum absolute atomic E-state index is 11.5. The van der Waals surface area contributed by atoms with E-state index in [0.717, 1.165) is 19.3 Å². The molecule has 2 N–H and O–H groups in total. The zero-order valence-corrected chi connectivity index (χ0v) is 15.1. The topological polar surface area (TPSA) is 74.6 Å². The van der Waals surface area contributed by atoms with Gasteiger partial charge >= 0.3 is 11.9 Å². The van der Waals surface area contributed by atoms with Crippen molar-refractivity contribution in [2.45, 2.75) is 67.7 Å². The van der Waals surface area contributed by atoms with Crippen molar-refractivity contribution < 1.29 is 19.8 Å². The highest BCUT2D eigenvalue weighted by Crippen LogP contribution is 2.44. The first-order valence-electron chi connectivity index (χ1n) is 8.13. The van der Waals surface area contributed by atoms with Crippen molar-refractivity contribution in [2.24, 2.45) is 23.2 Å². The van der Waals surface area contributed by atoms with E-state index in [1.165, 1.54) is 0 Å². The highest BCUT2D eigenvalue weighted by Gasteiger charge is 2.37. The second-order valence-corrected chi connectivity index (χ2v) is 7.64. The molecular formula is C18H32O4. The highest BCUT2D eigenvalue weighted by molar-refractivity contribution is 6.13. The lowest BCUT2D eigenvalue weighted by molar-refractivity contribution is -0.140. The Morgan fingerprint density at radius 3 is 1.64 bits per heavy atom. The molecule has 0 aliphatic heterocycles. The van der Waals surface area contributed by atoms with Crippen LogP contribution in [0.3, 0.4) is 0 Å². The summed E-state index contributed by atoms with van der Waals surface area (Å²) in [7, 11) is 0. The van der Waals surface area contributed by atoms with Crippen molar-refractivity contribution in [1.82, 2.24) is 0 Å². The summed E-state index contributed by atoms with van der Waals surface area (Å²) in [4.78, 5) is 23.0. The zero-order chi connectivity index (χ0) is 17.7. The molecule has 0 spiro atoms. The molecule has 0 aromatic rings. The zero-order valence-electron chi connectivity index (χ0n) is 15.1. The van der Waals surface area contributed by atoms with Crippen molar-refractivity contribution in [1.29, 1.82) is 0 Å². The Kier molecular flexibility index (Phi) is 7.85. The number of carboxylic acids is 2. The van der Waals surface area contributed by atoms with Crippen molar-refractivity contribution >= 4 is 11.9 Å². The molecule has 0 saturated heterocycles. The molecule has 1 unspecified atom stereocenters. The van der Waals surface area contributed by atoms with Crippen molar-refractivity contribution in [3.05, 3.63) is 11.1 Å². The van der Waals surface area contributed by atoms with Crippen molar-refractivity contribution in [2.75, 3.05) is 0 Å². The summed E-state index contributed by atoms with van der Waals surface area (Å²) in [6, 6.07) is 0. The molecule has 0 heterocycles. The molecule has 0 saturated carbocycles. The third kappa shape index (κ3) is 5.82. The van der Waals surface area contributed by atoms with Crippen LogP contribution in [0.5, 0.6) is 0 Å². The fourth-order valence-corrected chi connectivity index (χ4v) is 3.46. The Balaban J connectivity index is 6.13. The summed E-state index contributed by atoms with van der Waals surface area (Å²) < 4.78 is 0. The minimum atomic E-state index is -1.34. The number of rotatable bonds is 9. The van der Waals surface area contributed by atoms with Crippen LogP contribution in [0.15, 0.2) is 11.1 Å². The van der Waals surface area contributed by atoms with Crippen LogP contribution in [0.25, 0.3) is 0 Å². The van der Waals surface area contributed by atoms with E-state index in [2.05, 4.69) is 27.7 Å². The molecule has 0 amide bonds. The summed E-state index contributed by atoms with van der Waals surface area (Å²) in [5, 5.41) is 18.8. The summed E-state index contributed by atoms with van der Waals surface area (Å²) >= 11 is 0. The number of carboxylic acid groups (broad SMARTS) is 2. The Hall–Kier alpha value is -1.32. The van der Waals surface area contributed by atoms with Gasteiger partial charge in [0.25, 0.3) is 0 Å². The fraction of sp³-hybridized carbons (Fsp3) is 0.778. The number of aliphatic carboxylic acids is 2. The molecule has 22 heavy (non-hydrogen) atoms.